The van der Waals surface area contributed by atoms with Crippen LogP contribution in [0, 0.1) is 5.82 Å². The fraction of sp³-hybridized carbons (Fsp3) is 0.294. The molecule has 22 heavy (non-hydrogen) atoms. The second kappa shape index (κ2) is 7.89. The highest BCUT2D eigenvalue weighted by Gasteiger charge is 2.17. The first-order valence-corrected chi connectivity index (χ1v) is 7.08. The molecule has 4 nitrogen and oxygen atoms in total. The summed E-state index contributed by atoms with van der Waals surface area (Å²) in [5.41, 5.74) is 1.49. The van der Waals surface area contributed by atoms with Crippen LogP contribution in [-0.4, -0.2) is 29.9 Å². The van der Waals surface area contributed by atoms with Gasteiger partial charge in [-0.1, -0.05) is 24.3 Å². The van der Waals surface area contributed by atoms with Gasteiger partial charge in [0.05, 0.1) is 6.10 Å². The zero-order chi connectivity index (χ0) is 15.9. The average Bonchev–Trinajstić information content (AvgIpc) is 2.54. The van der Waals surface area contributed by atoms with E-state index < -0.39 is 12.2 Å². The summed E-state index contributed by atoms with van der Waals surface area (Å²) in [6.45, 7) is 0.647. The fourth-order valence-electron chi connectivity index (χ4n) is 2.05. The standard InChI is InChI=1S/C17H20FNO3/c1-19-10-16(20)17(21)13-4-8-15(9-5-13)22-11-12-2-6-14(18)7-3-12/h2-9,16-17,19-21H,10-11H2,1H3. The van der Waals surface area contributed by atoms with E-state index in [1.165, 1.54) is 12.1 Å². The maximum Gasteiger partial charge on any atom is 0.123 e. The van der Waals surface area contributed by atoms with Crippen LogP contribution < -0.4 is 10.1 Å². The van der Waals surface area contributed by atoms with Crippen molar-refractivity contribution in [3.63, 3.8) is 0 Å². The normalized spacial score (nSPS) is 13.6. The van der Waals surface area contributed by atoms with Gasteiger partial charge in [-0.25, -0.2) is 4.39 Å². The molecule has 0 bridgehead atoms. The molecule has 0 aliphatic carbocycles. The number of aliphatic hydroxyl groups is 2. The van der Waals surface area contributed by atoms with Crippen molar-refractivity contribution >= 4 is 0 Å². The third kappa shape index (κ3) is 4.53. The molecule has 2 unspecified atom stereocenters. The SMILES string of the molecule is CNCC(O)C(O)c1ccc(OCc2ccc(F)cc2)cc1. The molecular weight excluding hydrogens is 285 g/mol. The Hall–Kier alpha value is -1.95. The summed E-state index contributed by atoms with van der Waals surface area (Å²) in [7, 11) is 1.71. The van der Waals surface area contributed by atoms with Crippen molar-refractivity contribution in [1.29, 1.82) is 0 Å². The van der Waals surface area contributed by atoms with Gasteiger partial charge < -0.3 is 20.3 Å². The molecule has 0 fully saturated rings. The predicted octanol–water partition coefficient (Wildman–Crippen LogP) is 2.02. The van der Waals surface area contributed by atoms with Crippen LogP contribution in [0.4, 0.5) is 4.39 Å². The first-order valence-electron chi connectivity index (χ1n) is 7.08. The minimum atomic E-state index is -0.946. The molecule has 2 atom stereocenters. The van der Waals surface area contributed by atoms with Crippen molar-refractivity contribution in [2.75, 3.05) is 13.6 Å². The summed E-state index contributed by atoms with van der Waals surface area (Å²) in [5, 5.41) is 22.5. The number of aliphatic hydroxyl groups excluding tert-OH is 2. The Labute approximate surface area is 129 Å². The van der Waals surface area contributed by atoms with Crippen LogP contribution in [0.2, 0.25) is 0 Å². The number of hydrogen-bond acceptors (Lipinski definition) is 4. The topological polar surface area (TPSA) is 61.7 Å². The van der Waals surface area contributed by atoms with E-state index in [1.807, 2.05) is 0 Å². The van der Waals surface area contributed by atoms with Gasteiger partial charge in [0.2, 0.25) is 0 Å². The van der Waals surface area contributed by atoms with E-state index in [2.05, 4.69) is 5.32 Å². The molecule has 3 N–H and O–H groups in total. The molecule has 0 aliphatic rings. The summed E-state index contributed by atoms with van der Waals surface area (Å²) in [6.07, 6.45) is -1.81. The molecule has 0 aromatic heterocycles. The molecule has 2 rings (SSSR count). The Morgan fingerprint density at radius 3 is 2.27 bits per heavy atom. The summed E-state index contributed by atoms with van der Waals surface area (Å²) >= 11 is 0. The van der Waals surface area contributed by atoms with E-state index in [0.29, 0.717) is 24.5 Å². The van der Waals surface area contributed by atoms with Gasteiger partial charge in [0, 0.05) is 6.54 Å². The predicted molar refractivity (Wildman–Crippen MR) is 82.1 cm³/mol. The molecule has 118 valence electrons. The first-order chi connectivity index (χ1) is 10.6. The van der Waals surface area contributed by atoms with Crippen molar-refractivity contribution < 1.29 is 19.3 Å². The second-order valence-corrected chi connectivity index (χ2v) is 5.05. The molecule has 0 radical (unpaired) electrons. The number of hydrogen-bond donors (Lipinski definition) is 3. The summed E-state index contributed by atoms with van der Waals surface area (Å²) in [4.78, 5) is 0. The molecule has 0 spiro atoms. The van der Waals surface area contributed by atoms with Gasteiger partial charge in [-0.15, -0.1) is 0 Å². The van der Waals surface area contributed by atoms with Crippen LogP contribution >= 0.6 is 0 Å². The highest BCUT2D eigenvalue weighted by Crippen LogP contribution is 2.21. The summed E-state index contributed by atoms with van der Waals surface area (Å²) in [5.74, 6) is 0.366. The van der Waals surface area contributed by atoms with Gasteiger partial charge >= 0.3 is 0 Å². The van der Waals surface area contributed by atoms with Crippen LogP contribution in [0.3, 0.4) is 0 Å². The third-order valence-electron chi connectivity index (χ3n) is 3.32. The quantitative estimate of drug-likeness (QED) is 0.732. The largest absolute Gasteiger partial charge is 0.489 e. The molecule has 0 saturated heterocycles. The minimum Gasteiger partial charge on any atom is -0.489 e. The molecule has 0 saturated carbocycles. The molecular formula is C17H20FNO3. The Balaban J connectivity index is 1.92. The molecule has 0 heterocycles. The van der Waals surface area contributed by atoms with E-state index in [0.717, 1.165) is 5.56 Å². The number of nitrogens with one attached hydrogen (secondary N) is 1. The van der Waals surface area contributed by atoms with E-state index in [4.69, 9.17) is 4.74 Å². The van der Waals surface area contributed by atoms with Crippen molar-refractivity contribution in [3.8, 4) is 5.75 Å². The third-order valence-corrected chi connectivity index (χ3v) is 3.32. The van der Waals surface area contributed by atoms with Crippen molar-refractivity contribution in [2.45, 2.75) is 18.8 Å². The van der Waals surface area contributed by atoms with Crippen LogP contribution in [0.1, 0.15) is 17.2 Å². The molecule has 0 aliphatic heterocycles. The number of ether oxygens (including phenoxy) is 1. The van der Waals surface area contributed by atoms with E-state index in [-0.39, 0.29) is 5.82 Å². The maximum atomic E-state index is 12.8. The highest BCUT2D eigenvalue weighted by atomic mass is 19.1. The van der Waals surface area contributed by atoms with Crippen molar-refractivity contribution in [3.05, 3.63) is 65.5 Å². The molecule has 2 aromatic rings. The van der Waals surface area contributed by atoms with Crippen LogP contribution in [0.5, 0.6) is 5.75 Å². The van der Waals surface area contributed by atoms with Crippen LogP contribution in [0.25, 0.3) is 0 Å². The van der Waals surface area contributed by atoms with E-state index >= 15 is 0 Å². The monoisotopic (exact) mass is 305 g/mol. The Morgan fingerprint density at radius 2 is 1.68 bits per heavy atom. The summed E-state index contributed by atoms with van der Waals surface area (Å²) < 4.78 is 18.4. The first kappa shape index (κ1) is 16.4. The lowest BCUT2D eigenvalue weighted by molar-refractivity contribution is 0.0202. The number of rotatable bonds is 7. The number of benzene rings is 2. The number of halogens is 1. The smallest absolute Gasteiger partial charge is 0.123 e. The molecule has 5 heteroatoms. The van der Waals surface area contributed by atoms with Gasteiger partial charge in [-0.05, 0) is 42.4 Å². The maximum absolute atomic E-state index is 12.8. The lowest BCUT2D eigenvalue weighted by atomic mass is 10.0. The van der Waals surface area contributed by atoms with Gasteiger partial charge in [-0.2, -0.15) is 0 Å². The van der Waals surface area contributed by atoms with E-state index in [1.54, 1.807) is 43.4 Å². The van der Waals surface area contributed by atoms with Gasteiger partial charge in [0.25, 0.3) is 0 Å². The average molecular weight is 305 g/mol. The highest BCUT2D eigenvalue weighted by molar-refractivity contribution is 5.29. The van der Waals surface area contributed by atoms with Crippen molar-refractivity contribution in [1.82, 2.24) is 5.32 Å². The lowest BCUT2D eigenvalue weighted by Gasteiger charge is -2.18. The van der Waals surface area contributed by atoms with Gasteiger partial charge in [-0.3, -0.25) is 0 Å². The Kier molecular flexibility index (Phi) is 5.89. The summed E-state index contributed by atoms with van der Waals surface area (Å²) in [6, 6.07) is 13.0. The van der Waals surface area contributed by atoms with Crippen LogP contribution in [-0.2, 0) is 6.61 Å². The second-order valence-electron chi connectivity index (χ2n) is 5.05. The minimum absolute atomic E-state index is 0.276. The van der Waals surface area contributed by atoms with E-state index in [9.17, 15) is 14.6 Å². The molecule has 0 amide bonds. The van der Waals surface area contributed by atoms with Crippen LogP contribution in [0.15, 0.2) is 48.5 Å². The Bertz CT molecular complexity index is 571. The zero-order valence-electron chi connectivity index (χ0n) is 12.4. The zero-order valence-corrected chi connectivity index (χ0v) is 12.4. The van der Waals surface area contributed by atoms with Gasteiger partial charge in [0.15, 0.2) is 0 Å². The lowest BCUT2D eigenvalue weighted by Crippen LogP contribution is -2.29. The van der Waals surface area contributed by atoms with Gasteiger partial charge in [0.1, 0.15) is 24.3 Å². The number of likely N-dealkylation sites (N-methyl/N-ethyl adjacent to an activating group) is 1. The fourth-order valence-corrected chi connectivity index (χ4v) is 2.05. The molecule has 2 aromatic carbocycles. The Morgan fingerprint density at radius 1 is 1.05 bits per heavy atom. The van der Waals surface area contributed by atoms with Crippen molar-refractivity contribution in [2.24, 2.45) is 0 Å².